The van der Waals surface area contributed by atoms with Crippen molar-refractivity contribution < 1.29 is 9.47 Å². The molecule has 2 atom stereocenters. The standard InChI is InChI=1S/C19H39N3O2/c1-15(2)9-12-23-13-10-21-18(20-6)22-14-16-8-7-11-24-17(16)19(3,4)5/h15-17H,7-14H2,1-6H3,(H2,20,21,22). The zero-order valence-corrected chi connectivity index (χ0v) is 16.7. The smallest absolute Gasteiger partial charge is 0.191 e. The van der Waals surface area contributed by atoms with E-state index in [-0.39, 0.29) is 5.41 Å². The molecule has 24 heavy (non-hydrogen) atoms. The van der Waals surface area contributed by atoms with E-state index in [0.29, 0.717) is 24.5 Å². The number of hydrogen-bond donors (Lipinski definition) is 2. The monoisotopic (exact) mass is 341 g/mol. The van der Waals surface area contributed by atoms with Crippen molar-refractivity contribution in [1.29, 1.82) is 0 Å². The average Bonchev–Trinajstić information content (AvgIpc) is 2.52. The minimum Gasteiger partial charge on any atom is -0.380 e. The quantitative estimate of drug-likeness (QED) is 0.405. The second-order valence-corrected chi connectivity index (χ2v) is 8.23. The summed E-state index contributed by atoms with van der Waals surface area (Å²) in [7, 11) is 1.81. The number of ether oxygens (including phenoxy) is 2. The van der Waals surface area contributed by atoms with E-state index in [9.17, 15) is 0 Å². The van der Waals surface area contributed by atoms with Gasteiger partial charge in [0, 0.05) is 39.3 Å². The van der Waals surface area contributed by atoms with E-state index in [1.807, 2.05) is 7.05 Å². The summed E-state index contributed by atoms with van der Waals surface area (Å²) in [6.45, 7) is 15.3. The van der Waals surface area contributed by atoms with Crippen LogP contribution in [-0.2, 0) is 9.47 Å². The zero-order valence-electron chi connectivity index (χ0n) is 16.7. The highest BCUT2D eigenvalue weighted by Crippen LogP contribution is 2.33. The lowest BCUT2D eigenvalue weighted by atomic mass is 9.78. The summed E-state index contributed by atoms with van der Waals surface area (Å²) < 4.78 is 11.7. The Balaban J connectivity index is 2.27. The number of hydrogen-bond acceptors (Lipinski definition) is 3. The fraction of sp³-hybridized carbons (Fsp3) is 0.947. The van der Waals surface area contributed by atoms with E-state index >= 15 is 0 Å². The molecule has 0 aromatic carbocycles. The Morgan fingerprint density at radius 3 is 2.62 bits per heavy atom. The van der Waals surface area contributed by atoms with Gasteiger partial charge in [0.2, 0.25) is 0 Å². The van der Waals surface area contributed by atoms with Crippen LogP contribution in [0.4, 0.5) is 0 Å². The number of guanidine groups is 1. The molecule has 0 bridgehead atoms. The summed E-state index contributed by atoms with van der Waals surface area (Å²) in [4.78, 5) is 4.30. The van der Waals surface area contributed by atoms with Gasteiger partial charge in [0.15, 0.2) is 5.96 Å². The molecule has 2 N–H and O–H groups in total. The first-order chi connectivity index (χ1) is 11.3. The lowest BCUT2D eigenvalue weighted by Crippen LogP contribution is -2.47. The van der Waals surface area contributed by atoms with Crippen LogP contribution in [0.3, 0.4) is 0 Å². The van der Waals surface area contributed by atoms with E-state index < -0.39 is 0 Å². The fourth-order valence-corrected chi connectivity index (χ4v) is 3.12. The number of rotatable bonds is 8. The van der Waals surface area contributed by atoms with Crippen LogP contribution < -0.4 is 10.6 Å². The molecule has 2 unspecified atom stereocenters. The molecule has 142 valence electrons. The van der Waals surface area contributed by atoms with Crippen LogP contribution in [0, 0.1) is 17.3 Å². The minimum absolute atomic E-state index is 0.175. The van der Waals surface area contributed by atoms with E-state index in [1.165, 1.54) is 6.42 Å². The summed E-state index contributed by atoms with van der Waals surface area (Å²) >= 11 is 0. The van der Waals surface area contributed by atoms with Gasteiger partial charge in [0.05, 0.1) is 12.7 Å². The Labute approximate surface area is 149 Å². The first-order valence-corrected chi connectivity index (χ1v) is 9.48. The summed E-state index contributed by atoms with van der Waals surface area (Å²) in [5.74, 6) is 2.07. The average molecular weight is 342 g/mol. The van der Waals surface area contributed by atoms with E-state index in [0.717, 1.165) is 45.1 Å². The van der Waals surface area contributed by atoms with Gasteiger partial charge in [0.25, 0.3) is 0 Å². The number of nitrogens with one attached hydrogen (secondary N) is 2. The molecule has 0 saturated carbocycles. The van der Waals surface area contributed by atoms with Gasteiger partial charge >= 0.3 is 0 Å². The Kier molecular flexibility index (Phi) is 9.67. The van der Waals surface area contributed by atoms with Gasteiger partial charge in [-0.15, -0.1) is 0 Å². The third kappa shape index (κ3) is 8.34. The van der Waals surface area contributed by atoms with Crippen molar-refractivity contribution in [3.8, 4) is 0 Å². The molecule has 1 aliphatic heterocycles. The van der Waals surface area contributed by atoms with Crippen LogP contribution >= 0.6 is 0 Å². The highest BCUT2D eigenvalue weighted by atomic mass is 16.5. The summed E-state index contributed by atoms with van der Waals surface area (Å²) in [6, 6.07) is 0. The van der Waals surface area contributed by atoms with Crippen LogP contribution in [0.5, 0.6) is 0 Å². The predicted octanol–water partition coefficient (Wildman–Crippen LogP) is 3.06. The normalized spacial score (nSPS) is 22.7. The Bertz CT molecular complexity index is 364. The van der Waals surface area contributed by atoms with E-state index in [4.69, 9.17) is 9.47 Å². The highest BCUT2D eigenvalue weighted by Gasteiger charge is 2.35. The van der Waals surface area contributed by atoms with Crippen LogP contribution in [0.15, 0.2) is 4.99 Å². The van der Waals surface area contributed by atoms with Gasteiger partial charge < -0.3 is 20.1 Å². The molecule has 5 nitrogen and oxygen atoms in total. The van der Waals surface area contributed by atoms with Crippen LogP contribution in [0.2, 0.25) is 0 Å². The van der Waals surface area contributed by atoms with E-state index in [2.05, 4.69) is 50.2 Å². The van der Waals surface area contributed by atoms with Gasteiger partial charge in [-0.05, 0) is 30.6 Å². The first kappa shape index (κ1) is 21.2. The molecular weight excluding hydrogens is 302 g/mol. The number of nitrogens with zero attached hydrogens (tertiary/aromatic N) is 1. The molecule has 1 rings (SSSR count). The minimum atomic E-state index is 0.175. The molecule has 1 fully saturated rings. The molecule has 1 aliphatic rings. The van der Waals surface area contributed by atoms with Crippen molar-refractivity contribution >= 4 is 5.96 Å². The number of aliphatic imine (C=N–C) groups is 1. The Morgan fingerprint density at radius 1 is 1.25 bits per heavy atom. The van der Waals surface area contributed by atoms with Gasteiger partial charge in [-0.3, -0.25) is 4.99 Å². The van der Waals surface area contributed by atoms with Crippen LogP contribution in [0.1, 0.15) is 53.9 Å². The van der Waals surface area contributed by atoms with E-state index in [1.54, 1.807) is 0 Å². The molecule has 0 aliphatic carbocycles. The lowest BCUT2D eigenvalue weighted by molar-refractivity contribution is -0.0835. The van der Waals surface area contributed by atoms with Crippen molar-refractivity contribution in [3.05, 3.63) is 0 Å². The van der Waals surface area contributed by atoms with Gasteiger partial charge in [-0.25, -0.2) is 0 Å². The van der Waals surface area contributed by atoms with Crippen molar-refractivity contribution in [3.63, 3.8) is 0 Å². The first-order valence-electron chi connectivity index (χ1n) is 9.48. The van der Waals surface area contributed by atoms with Crippen LogP contribution in [0.25, 0.3) is 0 Å². The Morgan fingerprint density at radius 2 is 2.00 bits per heavy atom. The highest BCUT2D eigenvalue weighted by molar-refractivity contribution is 5.79. The fourth-order valence-electron chi connectivity index (χ4n) is 3.12. The largest absolute Gasteiger partial charge is 0.380 e. The molecule has 1 saturated heterocycles. The third-order valence-electron chi connectivity index (χ3n) is 4.43. The molecule has 0 radical (unpaired) electrons. The van der Waals surface area contributed by atoms with Crippen LogP contribution in [-0.4, -0.2) is 52.0 Å². The molecule has 0 amide bonds. The Hall–Kier alpha value is -0.810. The summed E-state index contributed by atoms with van der Waals surface area (Å²) in [5.41, 5.74) is 0.175. The van der Waals surface area contributed by atoms with Gasteiger partial charge in [-0.2, -0.15) is 0 Å². The van der Waals surface area contributed by atoms with Crippen molar-refractivity contribution in [1.82, 2.24) is 10.6 Å². The predicted molar refractivity (Wildman–Crippen MR) is 102 cm³/mol. The molecular formula is C19H39N3O2. The van der Waals surface area contributed by atoms with Crippen molar-refractivity contribution in [2.45, 2.75) is 60.0 Å². The third-order valence-corrected chi connectivity index (χ3v) is 4.43. The molecule has 5 heteroatoms. The van der Waals surface area contributed by atoms with Gasteiger partial charge in [0.1, 0.15) is 0 Å². The lowest BCUT2D eigenvalue weighted by Gasteiger charge is -2.40. The summed E-state index contributed by atoms with van der Waals surface area (Å²) in [5, 5.41) is 6.78. The summed E-state index contributed by atoms with van der Waals surface area (Å²) in [6.07, 6.45) is 3.78. The maximum atomic E-state index is 6.05. The van der Waals surface area contributed by atoms with Crippen molar-refractivity contribution in [2.75, 3.05) is 40.0 Å². The maximum absolute atomic E-state index is 6.05. The molecule has 0 aromatic heterocycles. The second kappa shape index (κ2) is 10.9. The molecule has 0 spiro atoms. The molecule has 1 heterocycles. The van der Waals surface area contributed by atoms with Crippen molar-refractivity contribution in [2.24, 2.45) is 22.2 Å². The zero-order chi connectivity index (χ0) is 18.0. The molecule has 0 aromatic rings. The SMILES string of the molecule is CN=C(NCCOCCC(C)C)NCC1CCCOC1C(C)(C)C. The second-order valence-electron chi connectivity index (χ2n) is 8.23. The maximum Gasteiger partial charge on any atom is 0.191 e. The van der Waals surface area contributed by atoms with Gasteiger partial charge in [-0.1, -0.05) is 34.6 Å². The topological polar surface area (TPSA) is 54.9 Å².